The Hall–Kier alpha value is -1.94. The number of pyridine rings is 1. The monoisotopic (exact) mass is 230 g/mol. The molecule has 2 heterocycles. The Kier molecular flexibility index (Phi) is 2.08. The average Bonchev–Trinajstić information content (AvgIpc) is 2.81. The number of halogens is 1. The molecule has 78 valence electrons. The quantitative estimate of drug-likeness (QED) is 0.654. The van der Waals surface area contributed by atoms with Crippen LogP contribution >= 0.6 is 11.6 Å². The summed E-state index contributed by atoms with van der Waals surface area (Å²) in [5.74, 6) is 0. The van der Waals surface area contributed by atoms with Crippen LogP contribution < -0.4 is 0 Å². The second-order valence-electron chi connectivity index (χ2n) is 3.42. The molecule has 0 saturated heterocycles. The third kappa shape index (κ3) is 1.53. The van der Waals surface area contributed by atoms with Gasteiger partial charge in [-0.3, -0.25) is 0 Å². The number of benzene rings is 1. The summed E-state index contributed by atoms with van der Waals surface area (Å²) < 4.78 is 0. The number of fused-ring (bicyclic) bond motifs is 1. The fourth-order valence-corrected chi connectivity index (χ4v) is 1.78. The summed E-state index contributed by atoms with van der Waals surface area (Å²) in [6, 6.07) is 7.82. The molecule has 1 aromatic carbocycles. The van der Waals surface area contributed by atoms with Crippen LogP contribution in [0.25, 0.3) is 22.0 Å². The first-order valence-corrected chi connectivity index (χ1v) is 5.12. The molecule has 0 aliphatic carbocycles. The molecule has 4 nitrogen and oxygen atoms in total. The SMILES string of the molecule is Clc1cc2cc(-c3cn[nH]n3)ccc2cn1. The van der Waals surface area contributed by atoms with E-state index in [2.05, 4.69) is 20.4 Å². The molecule has 0 unspecified atom stereocenters. The maximum Gasteiger partial charge on any atom is 0.129 e. The summed E-state index contributed by atoms with van der Waals surface area (Å²) in [6.07, 6.45) is 3.44. The molecule has 0 atom stereocenters. The van der Waals surface area contributed by atoms with Crippen molar-refractivity contribution < 1.29 is 0 Å². The van der Waals surface area contributed by atoms with Crippen LogP contribution in [0.15, 0.2) is 36.7 Å². The first-order chi connectivity index (χ1) is 7.83. The van der Waals surface area contributed by atoms with E-state index >= 15 is 0 Å². The van der Waals surface area contributed by atoms with Crippen LogP contribution in [0.3, 0.4) is 0 Å². The molecule has 0 saturated carbocycles. The highest BCUT2D eigenvalue weighted by Crippen LogP contribution is 2.23. The van der Waals surface area contributed by atoms with Gasteiger partial charge in [-0.15, -0.1) is 0 Å². The third-order valence-electron chi connectivity index (χ3n) is 2.40. The fraction of sp³-hybridized carbons (Fsp3) is 0. The molecule has 2 aromatic heterocycles. The lowest BCUT2D eigenvalue weighted by molar-refractivity contribution is 0.942. The largest absolute Gasteiger partial charge is 0.244 e. The molecular weight excluding hydrogens is 224 g/mol. The highest BCUT2D eigenvalue weighted by molar-refractivity contribution is 6.30. The van der Waals surface area contributed by atoms with Crippen LogP contribution in [0.2, 0.25) is 5.15 Å². The van der Waals surface area contributed by atoms with Crippen molar-refractivity contribution in [1.82, 2.24) is 20.4 Å². The molecule has 0 bridgehead atoms. The van der Waals surface area contributed by atoms with Gasteiger partial charge in [-0.1, -0.05) is 23.7 Å². The summed E-state index contributed by atoms with van der Waals surface area (Å²) in [7, 11) is 0. The number of rotatable bonds is 1. The molecule has 0 amide bonds. The van der Waals surface area contributed by atoms with E-state index in [9.17, 15) is 0 Å². The smallest absolute Gasteiger partial charge is 0.129 e. The highest BCUT2D eigenvalue weighted by Gasteiger charge is 2.02. The van der Waals surface area contributed by atoms with Gasteiger partial charge < -0.3 is 0 Å². The molecule has 5 heteroatoms. The van der Waals surface area contributed by atoms with Gasteiger partial charge in [0.1, 0.15) is 10.8 Å². The van der Waals surface area contributed by atoms with Gasteiger partial charge in [-0.2, -0.15) is 15.4 Å². The van der Waals surface area contributed by atoms with Crippen LogP contribution in [0.4, 0.5) is 0 Å². The standard InChI is InChI=1S/C11H7ClN4/c12-11-4-9-3-7(10-6-14-16-15-10)1-2-8(9)5-13-11/h1-6H,(H,14,15,16). The molecule has 0 radical (unpaired) electrons. The molecule has 0 fully saturated rings. The van der Waals surface area contributed by atoms with Crippen molar-refractivity contribution in [2.75, 3.05) is 0 Å². The molecule has 1 N–H and O–H groups in total. The number of H-pyrrole nitrogens is 1. The van der Waals surface area contributed by atoms with Gasteiger partial charge in [0.2, 0.25) is 0 Å². The Morgan fingerprint density at radius 2 is 2.00 bits per heavy atom. The van der Waals surface area contributed by atoms with E-state index in [0.29, 0.717) is 5.15 Å². The van der Waals surface area contributed by atoms with Crippen LogP contribution in [-0.2, 0) is 0 Å². The summed E-state index contributed by atoms with van der Waals surface area (Å²) in [4.78, 5) is 4.03. The first kappa shape index (κ1) is 9.30. The minimum Gasteiger partial charge on any atom is -0.244 e. The van der Waals surface area contributed by atoms with Crippen LogP contribution in [0.1, 0.15) is 0 Å². The number of hydrogen-bond donors (Lipinski definition) is 1. The zero-order valence-electron chi connectivity index (χ0n) is 8.18. The van der Waals surface area contributed by atoms with Gasteiger partial charge >= 0.3 is 0 Å². The maximum atomic E-state index is 5.85. The van der Waals surface area contributed by atoms with Gasteiger partial charge in [0.15, 0.2) is 0 Å². The average molecular weight is 231 g/mol. The maximum absolute atomic E-state index is 5.85. The molecule has 3 aromatic rings. The number of hydrogen-bond acceptors (Lipinski definition) is 3. The van der Waals surface area contributed by atoms with Crippen molar-refractivity contribution in [2.45, 2.75) is 0 Å². The van der Waals surface area contributed by atoms with Crippen molar-refractivity contribution in [2.24, 2.45) is 0 Å². The number of nitrogens with one attached hydrogen (secondary N) is 1. The fourth-order valence-electron chi connectivity index (χ4n) is 1.61. The summed E-state index contributed by atoms with van der Waals surface area (Å²) in [5.41, 5.74) is 1.82. The minimum absolute atomic E-state index is 0.491. The van der Waals surface area contributed by atoms with E-state index in [1.54, 1.807) is 12.4 Å². The van der Waals surface area contributed by atoms with Crippen LogP contribution in [-0.4, -0.2) is 20.4 Å². The zero-order valence-corrected chi connectivity index (χ0v) is 8.94. The summed E-state index contributed by atoms with van der Waals surface area (Å²) in [6.45, 7) is 0. The molecule has 0 aliphatic rings. The Bertz CT molecular complexity index is 634. The predicted molar refractivity (Wildman–Crippen MR) is 62.1 cm³/mol. The second-order valence-corrected chi connectivity index (χ2v) is 3.81. The van der Waals surface area contributed by atoms with E-state index < -0.39 is 0 Å². The molecular formula is C11H7ClN4. The Morgan fingerprint density at radius 3 is 2.81 bits per heavy atom. The minimum atomic E-state index is 0.491. The van der Waals surface area contributed by atoms with Crippen molar-refractivity contribution in [3.05, 3.63) is 41.8 Å². The Morgan fingerprint density at radius 1 is 1.06 bits per heavy atom. The number of aromatic amines is 1. The van der Waals surface area contributed by atoms with E-state index in [0.717, 1.165) is 22.0 Å². The lowest BCUT2D eigenvalue weighted by Gasteiger charge is -2.00. The van der Waals surface area contributed by atoms with Gasteiger partial charge in [-0.05, 0) is 17.5 Å². The Labute approximate surface area is 96.3 Å². The van der Waals surface area contributed by atoms with Crippen molar-refractivity contribution in [3.63, 3.8) is 0 Å². The zero-order chi connectivity index (χ0) is 11.0. The van der Waals surface area contributed by atoms with E-state index in [1.807, 2.05) is 24.3 Å². The molecule has 16 heavy (non-hydrogen) atoms. The summed E-state index contributed by atoms with van der Waals surface area (Å²) >= 11 is 5.85. The van der Waals surface area contributed by atoms with Gasteiger partial charge in [0, 0.05) is 17.1 Å². The van der Waals surface area contributed by atoms with Gasteiger partial charge in [0.05, 0.1) is 6.20 Å². The lowest BCUT2D eigenvalue weighted by Crippen LogP contribution is -1.81. The van der Waals surface area contributed by atoms with Crippen LogP contribution in [0.5, 0.6) is 0 Å². The predicted octanol–water partition coefficient (Wildman–Crippen LogP) is 2.67. The second kappa shape index (κ2) is 3.57. The first-order valence-electron chi connectivity index (χ1n) is 4.74. The van der Waals surface area contributed by atoms with Crippen LogP contribution in [0, 0.1) is 0 Å². The van der Waals surface area contributed by atoms with E-state index in [4.69, 9.17) is 11.6 Å². The topological polar surface area (TPSA) is 54.5 Å². The van der Waals surface area contributed by atoms with Gasteiger partial charge in [0.25, 0.3) is 0 Å². The van der Waals surface area contributed by atoms with E-state index in [1.165, 1.54) is 0 Å². The molecule has 0 aliphatic heterocycles. The normalized spacial score (nSPS) is 10.8. The summed E-state index contributed by atoms with van der Waals surface area (Å²) in [5, 5.41) is 13.0. The molecule has 3 rings (SSSR count). The van der Waals surface area contributed by atoms with Crippen molar-refractivity contribution in [1.29, 1.82) is 0 Å². The number of aromatic nitrogens is 4. The van der Waals surface area contributed by atoms with Crippen molar-refractivity contribution in [3.8, 4) is 11.3 Å². The highest BCUT2D eigenvalue weighted by atomic mass is 35.5. The van der Waals surface area contributed by atoms with Crippen molar-refractivity contribution >= 4 is 22.4 Å². The molecule has 0 spiro atoms. The number of nitrogens with zero attached hydrogens (tertiary/aromatic N) is 3. The third-order valence-corrected chi connectivity index (χ3v) is 2.61. The van der Waals surface area contributed by atoms with Gasteiger partial charge in [-0.25, -0.2) is 4.98 Å². The van der Waals surface area contributed by atoms with E-state index in [-0.39, 0.29) is 0 Å². The lowest BCUT2D eigenvalue weighted by atomic mass is 10.1. The Balaban J connectivity index is 2.22.